The first-order valence-electron chi connectivity index (χ1n) is 9.23. The van der Waals surface area contributed by atoms with Crippen molar-refractivity contribution in [3.8, 4) is 11.1 Å². The number of aromatic nitrogens is 3. The Morgan fingerprint density at radius 2 is 1.88 bits per heavy atom. The monoisotopic (exact) mass is 350 g/mol. The van der Waals surface area contributed by atoms with Gasteiger partial charge in [-0.05, 0) is 41.3 Å². The van der Waals surface area contributed by atoms with Gasteiger partial charge in [-0.3, -0.25) is 14.6 Å². The van der Waals surface area contributed by atoms with E-state index in [0.717, 1.165) is 28.4 Å². The summed E-state index contributed by atoms with van der Waals surface area (Å²) < 4.78 is 17.1. The topological polar surface area (TPSA) is 34.0 Å². The second-order valence-electron chi connectivity index (χ2n) is 8.46. The highest BCUT2D eigenvalue weighted by Gasteiger charge is 2.50. The predicted molar refractivity (Wildman–Crippen MR) is 101 cm³/mol. The normalized spacial score (nSPS) is 20.9. The Morgan fingerprint density at radius 1 is 1.08 bits per heavy atom. The lowest BCUT2D eigenvalue weighted by molar-refractivity contribution is -0.0482. The minimum Gasteiger partial charge on any atom is -0.296 e. The van der Waals surface area contributed by atoms with Gasteiger partial charge in [0, 0.05) is 50.0 Å². The fourth-order valence-electron chi connectivity index (χ4n) is 3.98. The highest BCUT2D eigenvalue weighted by molar-refractivity contribution is 5.87. The van der Waals surface area contributed by atoms with Gasteiger partial charge in [-0.15, -0.1) is 0 Å². The number of fused-ring (bicyclic) bond motifs is 1. The highest BCUT2D eigenvalue weighted by Crippen LogP contribution is 2.48. The molecule has 0 N–H and O–H groups in total. The van der Waals surface area contributed by atoms with Gasteiger partial charge in [-0.2, -0.15) is 5.10 Å². The van der Waals surface area contributed by atoms with Crippen LogP contribution >= 0.6 is 0 Å². The molecule has 26 heavy (non-hydrogen) atoms. The number of benzene rings is 1. The Labute approximate surface area is 152 Å². The quantitative estimate of drug-likeness (QED) is 0.715. The second kappa shape index (κ2) is 5.36. The van der Waals surface area contributed by atoms with Gasteiger partial charge in [0.1, 0.15) is 0 Å². The third kappa shape index (κ3) is 2.71. The van der Waals surface area contributed by atoms with E-state index in [-0.39, 0.29) is 0 Å². The van der Waals surface area contributed by atoms with Crippen molar-refractivity contribution in [2.75, 3.05) is 19.6 Å². The van der Waals surface area contributed by atoms with Crippen LogP contribution in [0.2, 0.25) is 0 Å². The molecule has 4 nitrogen and oxygen atoms in total. The van der Waals surface area contributed by atoms with Crippen LogP contribution in [0, 0.1) is 5.41 Å². The number of pyridine rings is 1. The largest absolute Gasteiger partial charge is 0.296 e. The number of aryl methyl sites for hydroxylation is 1. The molecule has 2 aliphatic rings. The Kier molecular flexibility index (Phi) is 3.29. The minimum absolute atomic E-state index is 0.427. The molecular weight excluding hydrogens is 327 g/mol. The van der Waals surface area contributed by atoms with Gasteiger partial charge in [0.2, 0.25) is 0 Å². The van der Waals surface area contributed by atoms with Gasteiger partial charge in [-0.1, -0.05) is 19.1 Å². The third-order valence-electron chi connectivity index (χ3n) is 5.88. The van der Waals surface area contributed by atoms with Crippen LogP contribution < -0.4 is 0 Å². The zero-order valence-corrected chi connectivity index (χ0v) is 15.2. The van der Waals surface area contributed by atoms with Crippen LogP contribution in [0.4, 0.5) is 4.39 Å². The average Bonchev–Trinajstić information content (AvgIpc) is 3.16. The van der Waals surface area contributed by atoms with Crippen LogP contribution in [-0.2, 0) is 12.7 Å². The fraction of sp³-hybridized carbons (Fsp3) is 0.429. The summed E-state index contributed by atoms with van der Waals surface area (Å²) in [7, 11) is 1.91. The fourth-order valence-corrected chi connectivity index (χ4v) is 3.98. The van der Waals surface area contributed by atoms with Gasteiger partial charge < -0.3 is 0 Å². The first kappa shape index (κ1) is 15.9. The molecule has 1 saturated heterocycles. The van der Waals surface area contributed by atoms with Crippen molar-refractivity contribution in [3.63, 3.8) is 0 Å². The number of halogens is 1. The summed E-state index contributed by atoms with van der Waals surface area (Å²) in [5.41, 5.74) is 1.83. The lowest BCUT2D eigenvalue weighted by Crippen LogP contribution is -2.58. The molecule has 1 aliphatic carbocycles. The van der Waals surface area contributed by atoms with E-state index in [2.05, 4.69) is 34.0 Å². The van der Waals surface area contributed by atoms with Gasteiger partial charge >= 0.3 is 0 Å². The van der Waals surface area contributed by atoms with Crippen LogP contribution in [-0.4, -0.2) is 39.3 Å². The van der Waals surface area contributed by atoms with Crippen LogP contribution in [0.1, 0.15) is 25.5 Å². The Hall–Kier alpha value is -2.27. The van der Waals surface area contributed by atoms with Crippen molar-refractivity contribution in [1.82, 2.24) is 19.7 Å². The summed E-state index contributed by atoms with van der Waals surface area (Å²) in [5.74, 6) is 0. The minimum atomic E-state index is -1.32. The Balaban J connectivity index is 1.42. The van der Waals surface area contributed by atoms with Crippen LogP contribution in [0.3, 0.4) is 0 Å². The van der Waals surface area contributed by atoms with E-state index < -0.39 is 5.67 Å². The molecule has 1 saturated carbocycles. The number of likely N-dealkylation sites (tertiary alicyclic amines) is 1. The van der Waals surface area contributed by atoms with Crippen molar-refractivity contribution >= 4 is 10.8 Å². The highest BCUT2D eigenvalue weighted by atomic mass is 19.1. The molecule has 5 rings (SSSR count). The summed E-state index contributed by atoms with van der Waals surface area (Å²) in [6, 6.07) is 8.13. The third-order valence-corrected chi connectivity index (χ3v) is 5.88. The molecule has 0 amide bonds. The van der Waals surface area contributed by atoms with Crippen LogP contribution in [0.15, 0.2) is 42.9 Å². The maximum atomic E-state index is 15.3. The molecule has 0 bridgehead atoms. The van der Waals surface area contributed by atoms with E-state index in [1.54, 1.807) is 10.9 Å². The molecular formula is C21H23FN4. The molecule has 3 aromatic rings. The van der Waals surface area contributed by atoms with E-state index >= 15 is 4.39 Å². The summed E-state index contributed by atoms with van der Waals surface area (Å²) in [6.45, 7) is 4.23. The first-order chi connectivity index (χ1) is 12.4. The molecule has 134 valence electrons. The number of hydrogen-bond acceptors (Lipinski definition) is 3. The SMILES string of the molecule is Cn1cc(-c2ccc3cnc(C4(F)CN(CC5(C)CC5)C4)cc3c2)cn1. The van der Waals surface area contributed by atoms with Crippen molar-refractivity contribution in [3.05, 3.63) is 48.5 Å². The van der Waals surface area contributed by atoms with E-state index in [1.165, 1.54) is 12.8 Å². The van der Waals surface area contributed by atoms with Crippen molar-refractivity contribution < 1.29 is 4.39 Å². The van der Waals surface area contributed by atoms with Crippen LogP contribution in [0.25, 0.3) is 21.9 Å². The van der Waals surface area contributed by atoms with E-state index in [0.29, 0.717) is 24.2 Å². The van der Waals surface area contributed by atoms with E-state index in [1.807, 2.05) is 31.6 Å². The average molecular weight is 350 g/mol. The molecule has 0 unspecified atom stereocenters. The van der Waals surface area contributed by atoms with E-state index in [9.17, 15) is 0 Å². The standard InChI is InChI=1S/C21H23FN4/c1-20(5-6-20)12-26-13-21(22,14-26)19-8-17-7-15(3-4-16(17)9-23-19)18-10-24-25(2)11-18/h3-4,7-11H,5-6,12-14H2,1-2H3. The molecule has 2 aromatic heterocycles. The maximum Gasteiger partial charge on any atom is 0.177 e. The summed E-state index contributed by atoms with van der Waals surface area (Å²) >= 11 is 0. The van der Waals surface area contributed by atoms with Crippen molar-refractivity contribution in [2.45, 2.75) is 25.4 Å². The number of rotatable bonds is 4. The molecule has 0 spiro atoms. The molecule has 1 aromatic carbocycles. The number of nitrogens with zero attached hydrogens (tertiary/aromatic N) is 4. The predicted octanol–water partition coefficient (Wildman–Crippen LogP) is 3.92. The van der Waals surface area contributed by atoms with Crippen molar-refractivity contribution in [1.29, 1.82) is 0 Å². The molecule has 5 heteroatoms. The van der Waals surface area contributed by atoms with Gasteiger partial charge in [-0.25, -0.2) is 4.39 Å². The smallest absolute Gasteiger partial charge is 0.177 e. The number of hydrogen-bond donors (Lipinski definition) is 0. The first-order valence-corrected chi connectivity index (χ1v) is 9.23. The molecule has 2 fully saturated rings. The van der Waals surface area contributed by atoms with E-state index in [4.69, 9.17) is 0 Å². The Bertz CT molecular complexity index is 983. The van der Waals surface area contributed by atoms with Gasteiger partial charge in [0.25, 0.3) is 0 Å². The molecule has 3 heterocycles. The zero-order chi connectivity index (χ0) is 17.9. The zero-order valence-electron chi connectivity index (χ0n) is 15.2. The Morgan fingerprint density at radius 3 is 2.58 bits per heavy atom. The maximum absolute atomic E-state index is 15.3. The second-order valence-corrected chi connectivity index (χ2v) is 8.46. The molecule has 0 radical (unpaired) electrons. The van der Waals surface area contributed by atoms with Gasteiger partial charge in [0.05, 0.1) is 11.9 Å². The lowest BCUT2D eigenvalue weighted by atomic mass is 9.89. The number of alkyl halides is 1. The summed E-state index contributed by atoms with van der Waals surface area (Å²) in [4.78, 5) is 6.66. The van der Waals surface area contributed by atoms with Crippen LogP contribution in [0.5, 0.6) is 0 Å². The lowest BCUT2D eigenvalue weighted by Gasteiger charge is -2.45. The summed E-state index contributed by atoms with van der Waals surface area (Å²) in [6.07, 6.45) is 8.18. The van der Waals surface area contributed by atoms with Gasteiger partial charge in [0.15, 0.2) is 5.67 Å². The summed E-state index contributed by atoms with van der Waals surface area (Å²) in [5, 5.41) is 6.30. The molecule has 0 atom stereocenters. The molecule has 1 aliphatic heterocycles. The van der Waals surface area contributed by atoms with Crippen molar-refractivity contribution in [2.24, 2.45) is 12.5 Å².